The lowest BCUT2D eigenvalue weighted by Crippen LogP contribution is -2.61. The lowest BCUT2D eigenvalue weighted by atomic mass is 9.99. The van der Waals surface area contributed by atoms with Crippen molar-refractivity contribution in [3.63, 3.8) is 0 Å². The van der Waals surface area contributed by atoms with Gasteiger partial charge in [0.1, 0.15) is 46.5 Å². The second-order valence-electron chi connectivity index (χ2n) is 7.33. The number of rotatable bonds is 4. The minimum atomic E-state index is -1.99. The molecular weight excluding hydrogens is 444 g/mol. The summed E-state index contributed by atoms with van der Waals surface area (Å²) in [6.07, 6.45) is -9.84. The number of hydrogen-bond donors (Lipinski definition) is 7. The minimum absolute atomic E-state index is 0.105. The highest BCUT2D eigenvalue weighted by molar-refractivity contribution is 5.88. The van der Waals surface area contributed by atoms with Crippen LogP contribution in [-0.4, -0.2) is 72.4 Å². The van der Waals surface area contributed by atoms with Crippen molar-refractivity contribution in [2.75, 3.05) is 0 Å². The van der Waals surface area contributed by atoms with E-state index in [2.05, 4.69) is 0 Å². The fourth-order valence-corrected chi connectivity index (χ4v) is 3.44. The highest BCUT2D eigenvalue weighted by Crippen LogP contribution is 2.37. The molecule has 0 spiro atoms. The summed E-state index contributed by atoms with van der Waals surface area (Å²) in [6.45, 7) is 0. The van der Waals surface area contributed by atoms with E-state index < -0.39 is 64.7 Å². The topological polar surface area (TPSA) is 207 Å². The van der Waals surface area contributed by atoms with E-state index in [-0.39, 0.29) is 22.7 Å². The largest absolute Gasteiger partial charge is 0.508 e. The lowest BCUT2D eigenvalue weighted by Gasteiger charge is -2.38. The number of benzene rings is 2. The number of aliphatic hydroxyl groups excluding tert-OH is 3. The van der Waals surface area contributed by atoms with Crippen LogP contribution in [0.3, 0.4) is 0 Å². The number of hydrogen-bond acceptors (Lipinski definition) is 11. The second kappa shape index (κ2) is 8.26. The number of carboxylic acids is 1. The molecule has 5 atom stereocenters. The SMILES string of the molecule is O=C(O)[C@@H]1O[C@H](Oc2c(-c3ccc(O)cc3)oc3cc(O)cc(O)c3c2=O)[C@@H](O)[C@H](O)[C@H]1O. The summed E-state index contributed by atoms with van der Waals surface area (Å²) in [4.78, 5) is 24.6. The molecule has 1 saturated heterocycles. The van der Waals surface area contributed by atoms with E-state index in [0.717, 1.165) is 12.1 Å². The quantitative estimate of drug-likeness (QED) is 0.270. The zero-order chi connectivity index (χ0) is 24.0. The van der Waals surface area contributed by atoms with E-state index in [0.29, 0.717) is 0 Å². The van der Waals surface area contributed by atoms with Crippen LogP contribution < -0.4 is 10.2 Å². The lowest BCUT2D eigenvalue weighted by molar-refractivity contribution is -0.271. The molecule has 0 saturated carbocycles. The van der Waals surface area contributed by atoms with Gasteiger partial charge in [0, 0.05) is 17.7 Å². The van der Waals surface area contributed by atoms with Crippen molar-refractivity contribution in [2.24, 2.45) is 0 Å². The Labute approximate surface area is 183 Å². The molecule has 1 aromatic heterocycles. The average Bonchev–Trinajstić information content (AvgIpc) is 2.75. The maximum Gasteiger partial charge on any atom is 0.335 e. The van der Waals surface area contributed by atoms with Crippen molar-refractivity contribution < 1.29 is 54.4 Å². The molecule has 0 aliphatic carbocycles. The fourth-order valence-electron chi connectivity index (χ4n) is 3.44. The maximum atomic E-state index is 13.2. The zero-order valence-corrected chi connectivity index (χ0v) is 16.5. The highest BCUT2D eigenvalue weighted by Gasteiger charge is 2.48. The first-order valence-corrected chi connectivity index (χ1v) is 9.49. The van der Waals surface area contributed by atoms with Crippen molar-refractivity contribution in [1.82, 2.24) is 0 Å². The van der Waals surface area contributed by atoms with E-state index in [1.165, 1.54) is 24.3 Å². The van der Waals surface area contributed by atoms with Gasteiger partial charge >= 0.3 is 5.97 Å². The average molecular weight is 462 g/mol. The van der Waals surface area contributed by atoms with E-state index in [1.807, 2.05) is 0 Å². The first-order chi connectivity index (χ1) is 15.6. The van der Waals surface area contributed by atoms with Crippen LogP contribution in [0.1, 0.15) is 0 Å². The summed E-state index contributed by atoms with van der Waals surface area (Å²) in [5.74, 6) is -3.72. The molecular formula is C21H18O12. The molecule has 0 bridgehead atoms. The molecule has 12 nitrogen and oxygen atoms in total. The molecule has 4 rings (SSSR count). The number of aliphatic hydroxyl groups is 3. The Morgan fingerprint density at radius 3 is 2.21 bits per heavy atom. The van der Waals surface area contributed by atoms with Gasteiger partial charge in [-0.05, 0) is 24.3 Å². The van der Waals surface area contributed by atoms with Crippen LogP contribution in [-0.2, 0) is 9.53 Å². The number of aliphatic carboxylic acids is 1. The molecule has 3 aromatic rings. The fraction of sp³-hybridized carbons (Fsp3) is 0.238. The molecule has 33 heavy (non-hydrogen) atoms. The first kappa shape index (κ1) is 22.4. The van der Waals surface area contributed by atoms with Gasteiger partial charge in [-0.3, -0.25) is 4.79 Å². The number of phenols is 3. The van der Waals surface area contributed by atoms with E-state index in [9.17, 15) is 45.3 Å². The van der Waals surface area contributed by atoms with Crippen molar-refractivity contribution >= 4 is 16.9 Å². The summed E-state index contributed by atoms with van der Waals surface area (Å²) in [7, 11) is 0. The number of aromatic hydroxyl groups is 3. The Hall–Kier alpha value is -3.84. The Morgan fingerprint density at radius 2 is 1.58 bits per heavy atom. The van der Waals surface area contributed by atoms with Crippen LogP contribution in [0.5, 0.6) is 23.0 Å². The molecule has 12 heteroatoms. The van der Waals surface area contributed by atoms with Gasteiger partial charge in [-0.2, -0.15) is 0 Å². The molecule has 1 fully saturated rings. The van der Waals surface area contributed by atoms with Gasteiger partial charge in [0.15, 0.2) is 11.9 Å². The Kier molecular flexibility index (Phi) is 5.59. The standard InChI is InChI=1S/C21H18O12/c22-8-3-1-7(2-4-8)17-18(13(25)12-10(24)5-9(23)6-11(12)31-17)32-21-16(28)14(26)15(27)19(33-21)20(29)30/h1-6,14-16,19,21-24,26-28H,(H,29,30)/t14-,15-,16+,19-,21+/m1/s1. The third kappa shape index (κ3) is 3.91. The van der Waals surface area contributed by atoms with Crippen LogP contribution in [0.25, 0.3) is 22.3 Å². The number of phenolic OH excluding ortho intramolecular Hbond substituents is 3. The van der Waals surface area contributed by atoms with Crippen LogP contribution in [0.15, 0.2) is 45.6 Å². The van der Waals surface area contributed by atoms with Gasteiger partial charge in [0.2, 0.25) is 17.5 Å². The molecule has 0 unspecified atom stereocenters. The molecule has 2 aromatic carbocycles. The van der Waals surface area contributed by atoms with Crippen molar-refractivity contribution in [1.29, 1.82) is 0 Å². The normalized spacial score (nSPS) is 25.1. The van der Waals surface area contributed by atoms with Crippen molar-refractivity contribution in [2.45, 2.75) is 30.7 Å². The zero-order valence-electron chi connectivity index (χ0n) is 16.5. The molecule has 1 aliphatic rings. The monoisotopic (exact) mass is 462 g/mol. The van der Waals surface area contributed by atoms with Crippen LogP contribution in [0, 0.1) is 0 Å². The predicted molar refractivity (Wildman–Crippen MR) is 108 cm³/mol. The second-order valence-corrected chi connectivity index (χ2v) is 7.33. The smallest absolute Gasteiger partial charge is 0.335 e. The first-order valence-electron chi connectivity index (χ1n) is 9.49. The van der Waals surface area contributed by atoms with Gasteiger partial charge in [-0.25, -0.2) is 4.79 Å². The molecule has 1 aliphatic heterocycles. The number of fused-ring (bicyclic) bond motifs is 1. The summed E-state index contributed by atoms with van der Waals surface area (Å²) < 4.78 is 16.2. The minimum Gasteiger partial charge on any atom is -0.508 e. The predicted octanol–water partition coefficient (Wildman–Crippen LogP) is -0.152. The van der Waals surface area contributed by atoms with Gasteiger partial charge in [0.05, 0.1) is 0 Å². The molecule has 0 radical (unpaired) electrons. The van der Waals surface area contributed by atoms with Crippen LogP contribution in [0.4, 0.5) is 0 Å². The van der Waals surface area contributed by atoms with E-state index >= 15 is 0 Å². The van der Waals surface area contributed by atoms with E-state index in [4.69, 9.17) is 13.9 Å². The van der Waals surface area contributed by atoms with Crippen molar-refractivity contribution in [3.8, 4) is 34.3 Å². The Morgan fingerprint density at radius 1 is 0.909 bits per heavy atom. The van der Waals surface area contributed by atoms with Crippen LogP contribution in [0.2, 0.25) is 0 Å². The molecule has 174 valence electrons. The summed E-state index contributed by atoms with van der Waals surface area (Å²) >= 11 is 0. The number of carboxylic acid groups (broad SMARTS) is 1. The van der Waals surface area contributed by atoms with Gasteiger partial charge in [-0.15, -0.1) is 0 Å². The Balaban J connectivity index is 1.89. The summed E-state index contributed by atoms with van der Waals surface area (Å²) in [5.41, 5.74) is -1.01. The Bertz CT molecular complexity index is 1260. The van der Waals surface area contributed by atoms with E-state index in [1.54, 1.807) is 0 Å². The van der Waals surface area contributed by atoms with Gasteiger partial charge < -0.3 is 49.6 Å². The van der Waals surface area contributed by atoms with Crippen LogP contribution >= 0.6 is 0 Å². The molecule has 0 amide bonds. The highest BCUT2D eigenvalue weighted by atomic mass is 16.7. The number of carbonyl (C=O) groups is 1. The summed E-state index contributed by atoms with van der Waals surface area (Å²) in [5, 5.41) is 68.4. The number of ether oxygens (including phenoxy) is 2. The maximum absolute atomic E-state index is 13.2. The molecule has 2 heterocycles. The van der Waals surface area contributed by atoms with Gasteiger partial charge in [-0.1, -0.05) is 0 Å². The summed E-state index contributed by atoms with van der Waals surface area (Å²) in [6, 6.07) is 7.20. The van der Waals surface area contributed by atoms with Gasteiger partial charge in [0.25, 0.3) is 0 Å². The van der Waals surface area contributed by atoms with Crippen molar-refractivity contribution in [3.05, 3.63) is 46.6 Å². The molecule has 7 N–H and O–H groups in total. The third-order valence-corrected chi connectivity index (χ3v) is 5.09. The third-order valence-electron chi connectivity index (χ3n) is 5.09.